The van der Waals surface area contributed by atoms with Gasteiger partial charge in [-0.1, -0.05) is 30.8 Å². The van der Waals surface area contributed by atoms with E-state index in [9.17, 15) is 0 Å². The van der Waals surface area contributed by atoms with Crippen LogP contribution in [0.5, 0.6) is 0 Å². The first-order valence-electron chi connectivity index (χ1n) is 6.48. The summed E-state index contributed by atoms with van der Waals surface area (Å²) >= 11 is 1.46. The molecule has 0 unspecified atom stereocenters. The predicted molar refractivity (Wildman–Crippen MR) is 74.2 cm³/mol. The van der Waals surface area contributed by atoms with Crippen molar-refractivity contribution >= 4 is 11.8 Å². The third-order valence-corrected chi connectivity index (χ3v) is 3.51. The molecule has 0 atom stereocenters. The van der Waals surface area contributed by atoms with E-state index < -0.39 is 0 Å². The number of tetrazole rings is 1. The van der Waals surface area contributed by atoms with Gasteiger partial charge in [-0.2, -0.15) is 4.98 Å². The lowest BCUT2D eigenvalue weighted by Gasteiger charge is -2.05. The van der Waals surface area contributed by atoms with Gasteiger partial charge >= 0.3 is 0 Å². The third-order valence-electron chi connectivity index (χ3n) is 2.57. The van der Waals surface area contributed by atoms with E-state index >= 15 is 0 Å². The minimum atomic E-state index is 0.442. The van der Waals surface area contributed by atoms with Crippen LogP contribution in [0.25, 0.3) is 11.6 Å². The molecule has 0 bridgehead atoms. The maximum absolute atomic E-state index is 5.22. The minimum Gasteiger partial charge on any atom is -0.461 e. The van der Waals surface area contributed by atoms with Crippen molar-refractivity contribution < 1.29 is 8.94 Å². The fraction of sp³-hybridized carbons (Fsp3) is 0.417. The summed E-state index contributed by atoms with van der Waals surface area (Å²) in [7, 11) is 0. The Morgan fingerprint density at radius 3 is 3.05 bits per heavy atom. The molecule has 110 valence electrons. The molecule has 9 heteroatoms. The number of rotatable bonds is 6. The van der Waals surface area contributed by atoms with Crippen LogP contribution < -0.4 is 0 Å². The summed E-state index contributed by atoms with van der Waals surface area (Å²) < 4.78 is 12.2. The van der Waals surface area contributed by atoms with Crippen LogP contribution in [0.3, 0.4) is 0 Å². The minimum absolute atomic E-state index is 0.442. The second-order valence-corrected chi connectivity index (χ2v) is 5.76. The van der Waals surface area contributed by atoms with E-state index in [1.807, 2.05) is 0 Å². The number of hydrogen-bond acceptors (Lipinski definition) is 8. The molecule has 3 rings (SSSR count). The molecule has 0 spiro atoms. The lowest BCUT2D eigenvalue weighted by atomic mass is 10.2. The summed E-state index contributed by atoms with van der Waals surface area (Å²) in [5.74, 6) is 2.51. The molecular formula is C12H14N6O2S. The van der Waals surface area contributed by atoms with E-state index in [-0.39, 0.29) is 0 Å². The lowest BCUT2D eigenvalue weighted by Crippen LogP contribution is -2.07. The molecule has 0 N–H and O–H groups in total. The Hall–Kier alpha value is -2.16. The highest BCUT2D eigenvalue weighted by Gasteiger charge is 2.13. The summed E-state index contributed by atoms with van der Waals surface area (Å²) in [6.07, 6.45) is 1.57. The summed E-state index contributed by atoms with van der Waals surface area (Å²) in [6.45, 7) is 5.00. The van der Waals surface area contributed by atoms with Crippen molar-refractivity contribution in [2.75, 3.05) is 0 Å². The van der Waals surface area contributed by atoms with E-state index in [1.165, 1.54) is 11.8 Å². The van der Waals surface area contributed by atoms with Crippen LogP contribution in [0, 0.1) is 5.92 Å². The average Bonchev–Trinajstić information content (AvgIpc) is 3.17. The van der Waals surface area contributed by atoms with Crippen LogP contribution in [0.2, 0.25) is 0 Å². The predicted octanol–water partition coefficient (Wildman–Crippen LogP) is 2.26. The molecule has 0 saturated carbocycles. The first-order valence-corrected chi connectivity index (χ1v) is 7.46. The molecule has 0 aromatic carbocycles. The number of hydrogen-bond donors (Lipinski definition) is 0. The van der Waals surface area contributed by atoms with E-state index in [4.69, 9.17) is 8.94 Å². The van der Waals surface area contributed by atoms with Crippen LogP contribution in [-0.2, 0) is 12.3 Å². The molecule has 0 aliphatic carbocycles. The molecule has 0 amide bonds. The van der Waals surface area contributed by atoms with Gasteiger partial charge in [0.2, 0.25) is 16.9 Å². The van der Waals surface area contributed by atoms with Crippen molar-refractivity contribution in [1.82, 2.24) is 30.3 Å². The first kappa shape index (κ1) is 13.8. The summed E-state index contributed by atoms with van der Waals surface area (Å²) in [4.78, 5) is 4.27. The highest BCUT2D eigenvalue weighted by Crippen LogP contribution is 2.22. The maximum atomic E-state index is 5.22. The average molecular weight is 306 g/mol. The quantitative estimate of drug-likeness (QED) is 0.640. The number of aromatic nitrogens is 6. The van der Waals surface area contributed by atoms with Crippen molar-refractivity contribution in [3.8, 4) is 11.6 Å². The van der Waals surface area contributed by atoms with Crippen molar-refractivity contribution in [2.24, 2.45) is 5.92 Å². The summed E-state index contributed by atoms with van der Waals surface area (Å²) in [5.41, 5.74) is 0. The zero-order chi connectivity index (χ0) is 14.7. The van der Waals surface area contributed by atoms with Gasteiger partial charge in [0, 0.05) is 6.54 Å². The summed E-state index contributed by atoms with van der Waals surface area (Å²) in [5, 5.41) is 16.3. The third kappa shape index (κ3) is 3.30. The second-order valence-electron chi connectivity index (χ2n) is 4.82. The van der Waals surface area contributed by atoms with Gasteiger partial charge in [0.05, 0.1) is 12.0 Å². The first-order chi connectivity index (χ1) is 10.2. The van der Waals surface area contributed by atoms with Crippen LogP contribution in [-0.4, -0.2) is 30.3 Å². The largest absolute Gasteiger partial charge is 0.461 e. The van der Waals surface area contributed by atoms with Gasteiger partial charge in [0.25, 0.3) is 0 Å². The fourth-order valence-corrected chi connectivity index (χ4v) is 2.43. The zero-order valence-corrected chi connectivity index (χ0v) is 12.4. The molecule has 3 aromatic heterocycles. The molecule has 0 aliphatic rings. The maximum Gasteiger partial charge on any atom is 0.238 e. The molecule has 0 aliphatic heterocycles. The van der Waals surface area contributed by atoms with Crippen molar-refractivity contribution in [3.63, 3.8) is 0 Å². The van der Waals surface area contributed by atoms with Gasteiger partial charge in [-0.25, -0.2) is 4.68 Å². The second kappa shape index (κ2) is 6.08. The smallest absolute Gasteiger partial charge is 0.238 e. The molecular weight excluding hydrogens is 292 g/mol. The Balaban J connectivity index is 1.64. The molecule has 8 nitrogen and oxygen atoms in total. The van der Waals surface area contributed by atoms with E-state index in [1.54, 1.807) is 23.1 Å². The summed E-state index contributed by atoms with van der Waals surface area (Å²) in [6, 6.07) is 3.56. The molecule has 0 saturated heterocycles. The van der Waals surface area contributed by atoms with E-state index in [0.29, 0.717) is 29.1 Å². The van der Waals surface area contributed by atoms with Crippen LogP contribution >= 0.6 is 11.8 Å². The molecule has 0 radical (unpaired) electrons. The zero-order valence-electron chi connectivity index (χ0n) is 11.6. The van der Waals surface area contributed by atoms with Gasteiger partial charge in [0.15, 0.2) is 5.76 Å². The number of nitrogens with zero attached hydrogens (tertiary/aromatic N) is 6. The van der Waals surface area contributed by atoms with Crippen LogP contribution in [0.15, 0.2) is 32.5 Å². The standard InChI is InChI=1S/C12H14N6O2S/c1-8(2)6-18-12(14-16-17-18)21-7-10-13-11(15-20-10)9-4-3-5-19-9/h3-5,8H,6-7H2,1-2H3. The Labute approximate surface area is 124 Å². The Bertz CT molecular complexity index is 690. The molecule has 3 heterocycles. The van der Waals surface area contributed by atoms with E-state index in [2.05, 4.69) is 39.5 Å². The normalized spacial score (nSPS) is 11.4. The SMILES string of the molecule is CC(C)Cn1nnnc1SCc1nc(-c2ccco2)no1. The number of furan rings is 1. The fourth-order valence-electron chi connectivity index (χ4n) is 1.71. The Morgan fingerprint density at radius 1 is 1.38 bits per heavy atom. The van der Waals surface area contributed by atoms with E-state index in [0.717, 1.165) is 11.7 Å². The number of thioether (sulfide) groups is 1. The van der Waals surface area contributed by atoms with Gasteiger partial charge < -0.3 is 8.94 Å². The lowest BCUT2D eigenvalue weighted by molar-refractivity contribution is 0.390. The Kier molecular flexibility index (Phi) is 4.00. The van der Waals surface area contributed by atoms with Crippen molar-refractivity contribution in [3.05, 3.63) is 24.3 Å². The highest BCUT2D eigenvalue weighted by molar-refractivity contribution is 7.98. The topological polar surface area (TPSA) is 95.7 Å². The van der Waals surface area contributed by atoms with Crippen LogP contribution in [0.1, 0.15) is 19.7 Å². The Morgan fingerprint density at radius 2 is 2.29 bits per heavy atom. The molecule has 21 heavy (non-hydrogen) atoms. The van der Waals surface area contributed by atoms with Gasteiger partial charge in [-0.15, -0.1) is 5.10 Å². The van der Waals surface area contributed by atoms with Crippen LogP contribution in [0.4, 0.5) is 0 Å². The van der Waals surface area contributed by atoms with Gasteiger partial charge in [-0.05, 0) is 28.5 Å². The van der Waals surface area contributed by atoms with Crippen molar-refractivity contribution in [1.29, 1.82) is 0 Å². The van der Waals surface area contributed by atoms with Gasteiger partial charge in [-0.3, -0.25) is 0 Å². The van der Waals surface area contributed by atoms with Crippen molar-refractivity contribution in [2.45, 2.75) is 31.3 Å². The van der Waals surface area contributed by atoms with Gasteiger partial charge in [0.1, 0.15) is 0 Å². The molecule has 0 fully saturated rings. The molecule has 3 aromatic rings. The monoisotopic (exact) mass is 306 g/mol. The highest BCUT2D eigenvalue weighted by atomic mass is 32.2.